The minimum Gasteiger partial charge on any atom is -0.468 e. The zero-order chi connectivity index (χ0) is 19.9. The van der Waals surface area contributed by atoms with Crippen molar-refractivity contribution in [2.24, 2.45) is 4.99 Å². The number of pyridine rings is 1. The van der Waals surface area contributed by atoms with Crippen molar-refractivity contribution in [3.8, 4) is 5.88 Å². The number of aromatic nitrogens is 1. The number of ether oxygens (including phenoxy) is 1. The first kappa shape index (κ1) is 24.7. The van der Waals surface area contributed by atoms with Gasteiger partial charge in [-0.25, -0.2) is 4.98 Å². The van der Waals surface area contributed by atoms with Gasteiger partial charge < -0.3 is 20.3 Å². The highest BCUT2D eigenvalue weighted by atomic mass is 127. The van der Waals surface area contributed by atoms with E-state index in [1.165, 1.54) is 12.3 Å². The molecule has 0 saturated carbocycles. The summed E-state index contributed by atoms with van der Waals surface area (Å²) in [6.45, 7) is 5.57. The van der Waals surface area contributed by atoms with Crippen molar-refractivity contribution in [3.05, 3.63) is 23.9 Å². The fourth-order valence-corrected chi connectivity index (χ4v) is 2.93. The Labute approximate surface area is 181 Å². The van der Waals surface area contributed by atoms with Gasteiger partial charge in [-0.05, 0) is 38.3 Å². The summed E-state index contributed by atoms with van der Waals surface area (Å²) in [6.07, 6.45) is -0.860. The van der Waals surface area contributed by atoms with E-state index in [2.05, 4.69) is 44.1 Å². The van der Waals surface area contributed by atoms with Crippen molar-refractivity contribution < 1.29 is 17.9 Å². The highest BCUT2D eigenvalue weighted by Crippen LogP contribution is 2.17. The van der Waals surface area contributed by atoms with Crippen LogP contribution in [0.3, 0.4) is 0 Å². The average molecular weight is 515 g/mol. The van der Waals surface area contributed by atoms with E-state index >= 15 is 0 Å². The summed E-state index contributed by atoms with van der Waals surface area (Å²) in [5.41, 5.74) is 0.764. The van der Waals surface area contributed by atoms with Crippen LogP contribution in [0.5, 0.6) is 5.88 Å². The van der Waals surface area contributed by atoms with Gasteiger partial charge in [0, 0.05) is 51.0 Å². The average Bonchev–Trinajstić information content (AvgIpc) is 2.63. The number of likely N-dealkylation sites (tertiary alicyclic amines) is 1. The molecule has 0 spiro atoms. The predicted molar refractivity (Wildman–Crippen MR) is 114 cm³/mol. The van der Waals surface area contributed by atoms with Gasteiger partial charge in [0.15, 0.2) is 12.6 Å². The summed E-state index contributed by atoms with van der Waals surface area (Å²) in [4.78, 5) is 10.5. The maximum absolute atomic E-state index is 12.2. The lowest BCUT2D eigenvalue weighted by Crippen LogP contribution is -2.49. The molecule has 6 nitrogen and oxygen atoms in total. The summed E-state index contributed by atoms with van der Waals surface area (Å²) in [6, 6.07) is 4.13. The minimum absolute atomic E-state index is 0. The molecule has 160 valence electrons. The maximum Gasteiger partial charge on any atom is 0.422 e. The van der Waals surface area contributed by atoms with E-state index in [9.17, 15) is 13.2 Å². The third-order valence-corrected chi connectivity index (χ3v) is 4.47. The molecule has 0 amide bonds. The van der Waals surface area contributed by atoms with Crippen LogP contribution in [0.25, 0.3) is 0 Å². The molecule has 0 unspecified atom stereocenters. The standard InChI is InChI=1S/C18H28F3N5O.HI/c1-13(2)26-8-5-15(6-9-26)25-17(22-3)24-11-14-4-7-23-16(10-14)27-12-18(19,20)21;/h4,7,10,13,15H,5-6,8-9,11-12H2,1-3H3,(H2,22,24,25);1H. The van der Waals surface area contributed by atoms with E-state index in [4.69, 9.17) is 0 Å². The summed E-state index contributed by atoms with van der Waals surface area (Å²) in [5, 5.41) is 6.60. The van der Waals surface area contributed by atoms with Crippen LogP contribution in [0.15, 0.2) is 23.3 Å². The second kappa shape index (κ2) is 11.6. The first-order chi connectivity index (χ1) is 12.8. The smallest absolute Gasteiger partial charge is 0.422 e. The third kappa shape index (κ3) is 8.80. The van der Waals surface area contributed by atoms with Gasteiger partial charge in [-0.15, -0.1) is 24.0 Å². The lowest BCUT2D eigenvalue weighted by molar-refractivity contribution is -0.154. The molecule has 0 radical (unpaired) electrons. The molecule has 1 aliphatic heterocycles. The van der Waals surface area contributed by atoms with E-state index in [1.807, 2.05) is 0 Å². The van der Waals surface area contributed by atoms with Crippen LogP contribution >= 0.6 is 24.0 Å². The van der Waals surface area contributed by atoms with E-state index in [0.29, 0.717) is 24.6 Å². The number of nitrogens with one attached hydrogen (secondary N) is 2. The van der Waals surface area contributed by atoms with E-state index in [1.54, 1.807) is 13.1 Å². The molecule has 1 aromatic rings. The van der Waals surface area contributed by atoms with Gasteiger partial charge in [-0.3, -0.25) is 4.99 Å². The number of halogens is 4. The number of nitrogens with zero attached hydrogens (tertiary/aromatic N) is 3. The molecule has 0 atom stereocenters. The van der Waals surface area contributed by atoms with Crippen molar-refractivity contribution in [3.63, 3.8) is 0 Å². The molecule has 0 bridgehead atoms. The van der Waals surface area contributed by atoms with E-state index < -0.39 is 12.8 Å². The number of hydrogen-bond acceptors (Lipinski definition) is 4. The van der Waals surface area contributed by atoms with Gasteiger partial charge in [-0.2, -0.15) is 13.2 Å². The number of aliphatic imine (C=N–C) groups is 1. The van der Waals surface area contributed by atoms with Crippen LogP contribution in [0, 0.1) is 0 Å². The van der Waals surface area contributed by atoms with Crippen molar-refractivity contribution in [1.82, 2.24) is 20.5 Å². The first-order valence-corrected chi connectivity index (χ1v) is 9.12. The maximum atomic E-state index is 12.2. The Morgan fingerprint density at radius 2 is 2.04 bits per heavy atom. The third-order valence-electron chi connectivity index (χ3n) is 4.47. The summed E-state index contributed by atoms with van der Waals surface area (Å²) in [7, 11) is 1.70. The van der Waals surface area contributed by atoms with Gasteiger partial charge in [-0.1, -0.05) is 0 Å². The van der Waals surface area contributed by atoms with Crippen molar-refractivity contribution >= 4 is 29.9 Å². The normalized spacial score (nSPS) is 16.6. The van der Waals surface area contributed by atoms with Gasteiger partial charge in [0.05, 0.1) is 0 Å². The van der Waals surface area contributed by atoms with Crippen LogP contribution < -0.4 is 15.4 Å². The fraction of sp³-hybridized carbons (Fsp3) is 0.667. The van der Waals surface area contributed by atoms with Gasteiger partial charge in [0.1, 0.15) is 0 Å². The molecule has 1 saturated heterocycles. The van der Waals surface area contributed by atoms with Crippen molar-refractivity contribution in [2.75, 3.05) is 26.7 Å². The van der Waals surface area contributed by atoms with Gasteiger partial charge in [0.25, 0.3) is 0 Å². The van der Waals surface area contributed by atoms with E-state index in [-0.39, 0.29) is 29.9 Å². The number of guanidine groups is 1. The predicted octanol–water partition coefficient (Wildman–Crippen LogP) is 3.18. The second-order valence-corrected chi connectivity index (χ2v) is 6.88. The lowest BCUT2D eigenvalue weighted by Gasteiger charge is -2.35. The monoisotopic (exact) mass is 515 g/mol. The zero-order valence-electron chi connectivity index (χ0n) is 16.4. The molecule has 2 heterocycles. The first-order valence-electron chi connectivity index (χ1n) is 9.12. The molecule has 1 aromatic heterocycles. The largest absolute Gasteiger partial charge is 0.468 e. The van der Waals surface area contributed by atoms with Gasteiger partial charge >= 0.3 is 6.18 Å². The summed E-state index contributed by atoms with van der Waals surface area (Å²) < 4.78 is 41.4. The van der Waals surface area contributed by atoms with Crippen LogP contribution in [0.4, 0.5) is 13.2 Å². The van der Waals surface area contributed by atoms with Crippen LogP contribution in [0.1, 0.15) is 32.3 Å². The molecule has 28 heavy (non-hydrogen) atoms. The molecule has 2 rings (SSSR count). The highest BCUT2D eigenvalue weighted by Gasteiger charge is 2.28. The molecule has 0 aromatic carbocycles. The van der Waals surface area contributed by atoms with Crippen molar-refractivity contribution in [1.29, 1.82) is 0 Å². The zero-order valence-corrected chi connectivity index (χ0v) is 18.8. The Kier molecular flexibility index (Phi) is 10.3. The number of piperidine rings is 1. The number of alkyl halides is 3. The Balaban J connectivity index is 0.00000392. The molecular weight excluding hydrogens is 486 g/mol. The molecule has 1 fully saturated rings. The van der Waals surface area contributed by atoms with Crippen molar-refractivity contribution in [2.45, 2.75) is 51.5 Å². The summed E-state index contributed by atoms with van der Waals surface area (Å²) in [5.74, 6) is 0.628. The molecule has 10 heteroatoms. The topological polar surface area (TPSA) is 61.8 Å². The quantitative estimate of drug-likeness (QED) is 0.347. The Morgan fingerprint density at radius 1 is 1.36 bits per heavy atom. The second-order valence-electron chi connectivity index (χ2n) is 6.88. The molecule has 1 aliphatic rings. The van der Waals surface area contributed by atoms with Crippen LogP contribution in [-0.4, -0.2) is 60.8 Å². The highest BCUT2D eigenvalue weighted by molar-refractivity contribution is 14.0. The molecule has 2 N–H and O–H groups in total. The Morgan fingerprint density at radius 3 is 2.61 bits per heavy atom. The van der Waals surface area contributed by atoms with Gasteiger partial charge in [0.2, 0.25) is 5.88 Å². The fourth-order valence-electron chi connectivity index (χ4n) is 2.93. The van der Waals surface area contributed by atoms with Crippen LogP contribution in [-0.2, 0) is 6.54 Å². The van der Waals surface area contributed by atoms with Crippen LogP contribution in [0.2, 0.25) is 0 Å². The number of hydrogen-bond donors (Lipinski definition) is 2. The van der Waals surface area contributed by atoms with E-state index in [0.717, 1.165) is 31.5 Å². The summed E-state index contributed by atoms with van der Waals surface area (Å²) >= 11 is 0. The minimum atomic E-state index is -4.38. The molecular formula is C18H29F3IN5O. The Hall–Kier alpha value is -1.30. The number of rotatable bonds is 6. The SMILES string of the molecule is CN=C(NCc1ccnc(OCC(F)(F)F)c1)NC1CCN(C(C)C)CC1.I. The molecule has 0 aliphatic carbocycles. The Bertz CT molecular complexity index is 619. The lowest BCUT2D eigenvalue weighted by atomic mass is 10.0.